The maximum Gasteiger partial charge on any atom is 0.341 e. The third-order valence-corrected chi connectivity index (χ3v) is 6.62. The summed E-state index contributed by atoms with van der Waals surface area (Å²) in [4.78, 5) is 25.6. The molecule has 9 heteroatoms. The molecule has 1 amide bonds. The van der Waals surface area contributed by atoms with E-state index in [9.17, 15) is 9.59 Å². The molecule has 0 bridgehead atoms. The van der Waals surface area contributed by atoms with Gasteiger partial charge < -0.3 is 15.4 Å². The highest BCUT2D eigenvalue weighted by Gasteiger charge is 2.68. The first-order valence-corrected chi connectivity index (χ1v) is 9.85. The number of amides is 1. The lowest BCUT2D eigenvalue weighted by Crippen LogP contribution is -2.40. The lowest BCUT2D eigenvalue weighted by Gasteiger charge is -2.14. The zero-order valence-corrected chi connectivity index (χ0v) is 17.6. The van der Waals surface area contributed by atoms with Crippen LogP contribution in [0.2, 0.25) is 0 Å². The number of thiocarbonyl (C=S) groups is 1. The van der Waals surface area contributed by atoms with Crippen molar-refractivity contribution in [2.75, 3.05) is 11.9 Å². The molecule has 0 aliphatic heterocycles. The molecule has 2 rings (SSSR count). The molecule has 0 radical (unpaired) electrons. The van der Waals surface area contributed by atoms with Crippen LogP contribution in [0.5, 0.6) is 0 Å². The third kappa shape index (κ3) is 3.94. The molecule has 2 N–H and O–H groups in total. The van der Waals surface area contributed by atoms with Crippen molar-refractivity contribution in [2.24, 2.45) is 5.41 Å². The molecular formula is C16H20Cl2N2O3S2. The summed E-state index contributed by atoms with van der Waals surface area (Å²) in [7, 11) is 0. The molecule has 1 atom stereocenters. The van der Waals surface area contributed by atoms with Crippen LogP contribution < -0.4 is 10.6 Å². The van der Waals surface area contributed by atoms with Crippen molar-refractivity contribution in [3.63, 3.8) is 0 Å². The van der Waals surface area contributed by atoms with Gasteiger partial charge in [-0.2, -0.15) is 0 Å². The van der Waals surface area contributed by atoms with Gasteiger partial charge in [0.1, 0.15) is 9.33 Å². The average molecular weight is 423 g/mol. The number of thiophene rings is 1. The molecule has 1 heterocycles. The molecule has 1 saturated carbocycles. The molecule has 25 heavy (non-hydrogen) atoms. The molecule has 0 spiro atoms. The van der Waals surface area contributed by atoms with E-state index >= 15 is 0 Å². The van der Waals surface area contributed by atoms with Gasteiger partial charge in [0.25, 0.3) is 0 Å². The zero-order valence-electron chi connectivity index (χ0n) is 14.4. The number of aryl methyl sites for hydroxylation is 1. The van der Waals surface area contributed by atoms with Crippen LogP contribution in [0.3, 0.4) is 0 Å². The van der Waals surface area contributed by atoms with E-state index in [-0.39, 0.29) is 17.6 Å². The Bertz CT molecular complexity index is 733. The van der Waals surface area contributed by atoms with Gasteiger partial charge in [0.2, 0.25) is 5.91 Å². The van der Waals surface area contributed by atoms with Crippen molar-refractivity contribution in [1.82, 2.24) is 5.32 Å². The van der Waals surface area contributed by atoms with E-state index in [4.69, 9.17) is 40.2 Å². The summed E-state index contributed by atoms with van der Waals surface area (Å²) >= 11 is 18.6. The van der Waals surface area contributed by atoms with Crippen LogP contribution in [0.25, 0.3) is 0 Å². The molecule has 1 aromatic rings. The highest BCUT2D eigenvalue weighted by molar-refractivity contribution is 7.80. The second kappa shape index (κ2) is 7.39. The number of nitrogens with one attached hydrogen (secondary N) is 2. The van der Waals surface area contributed by atoms with Crippen molar-refractivity contribution < 1.29 is 14.3 Å². The Balaban J connectivity index is 2.16. The van der Waals surface area contributed by atoms with Crippen LogP contribution in [0, 0.1) is 12.3 Å². The molecule has 1 aliphatic carbocycles. The van der Waals surface area contributed by atoms with Crippen LogP contribution in [0.4, 0.5) is 5.00 Å². The molecule has 0 unspecified atom stereocenters. The quantitative estimate of drug-likeness (QED) is 0.422. The number of esters is 1. The van der Waals surface area contributed by atoms with E-state index < -0.39 is 15.7 Å². The Morgan fingerprint density at radius 2 is 1.96 bits per heavy atom. The van der Waals surface area contributed by atoms with Crippen molar-refractivity contribution in [2.45, 2.75) is 44.9 Å². The number of anilines is 1. The molecule has 5 nitrogen and oxygen atoms in total. The molecular weight excluding hydrogens is 403 g/mol. The predicted octanol–water partition coefficient (Wildman–Crippen LogP) is 4.19. The van der Waals surface area contributed by atoms with Gasteiger partial charge in [0.05, 0.1) is 17.6 Å². The molecule has 1 aliphatic rings. The van der Waals surface area contributed by atoms with Gasteiger partial charge >= 0.3 is 5.97 Å². The molecule has 138 valence electrons. The van der Waals surface area contributed by atoms with Crippen LogP contribution in [0.1, 0.15) is 48.0 Å². The third-order valence-electron chi connectivity index (χ3n) is 4.26. The van der Waals surface area contributed by atoms with Gasteiger partial charge in [-0.05, 0) is 51.4 Å². The lowest BCUT2D eigenvalue weighted by molar-refractivity contribution is -0.124. The number of alkyl halides is 2. The minimum Gasteiger partial charge on any atom is -0.462 e. The number of hydrogen-bond acceptors (Lipinski definition) is 5. The van der Waals surface area contributed by atoms with Crippen LogP contribution >= 0.6 is 46.8 Å². The van der Waals surface area contributed by atoms with Gasteiger partial charge in [-0.3, -0.25) is 4.79 Å². The number of carbonyl (C=O) groups is 2. The van der Waals surface area contributed by atoms with Gasteiger partial charge in [0.15, 0.2) is 5.11 Å². The molecule has 1 aromatic heterocycles. The number of rotatable bonds is 5. The summed E-state index contributed by atoms with van der Waals surface area (Å²) in [6.45, 7) is 7.61. The van der Waals surface area contributed by atoms with Crippen molar-refractivity contribution in [1.29, 1.82) is 0 Å². The fourth-order valence-corrected chi connectivity index (χ4v) is 4.64. The van der Waals surface area contributed by atoms with Crippen molar-refractivity contribution >= 4 is 68.7 Å². The standard InChI is InChI=1S/C16H20Cl2N2O3S2/c1-5-9-8(3)25-11(10(9)12(21)23-6-2)19-14(24)20-13(22)15(4)7-16(15,17)18/h5-7H2,1-4H3,(H2,19,20,22,24)/t15-/m1/s1. The molecule has 1 fully saturated rings. The number of hydrogen-bond donors (Lipinski definition) is 2. The number of carbonyl (C=O) groups excluding carboxylic acids is 2. The van der Waals surface area contributed by atoms with Crippen molar-refractivity contribution in [3.8, 4) is 0 Å². The average Bonchev–Trinajstić information content (AvgIpc) is 2.87. The monoisotopic (exact) mass is 422 g/mol. The minimum absolute atomic E-state index is 0.0942. The first-order chi connectivity index (χ1) is 11.6. The van der Waals surface area contributed by atoms with Crippen LogP contribution in [0.15, 0.2) is 0 Å². The highest BCUT2D eigenvalue weighted by Crippen LogP contribution is 2.63. The highest BCUT2D eigenvalue weighted by atomic mass is 35.5. The fourth-order valence-electron chi connectivity index (χ4n) is 2.53. The summed E-state index contributed by atoms with van der Waals surface area (Å²) in [5.74, 6) is -0.758. The smallest absolute Gasteiger partial charge is 0.341 e. The first kappa shape index (κ1) is 20.4. The number of ether oxygens (including phenoxy) is 1. The Hall–Kier alpha value is -0.890. The Kier molecular flexibility index (Phi) is 6.03. The summed E-state index contributed by atoms with van der Waals surface area (Å²) in [6.07, 6.45) is 1.06. The van der Waals surface area contributed by atoms with Gasteiger partial charge in [0, 0.05) is 4.88 Å². The first-order valence-electron chi connectivity index (χ1n) is 7.87. The number of halogens is 2. The topological polar surface area (TPSA) is 67.4 Å². The summed E-state index contributed by atoms with van der Waals surface area (Å²) < 4.78 is 4.07. The van der Waals surface area contributed by atoms with Crippen LogP contribution in [-0.4, -0.2) is 27.9 Å². The fraction of sp³-hybridized carbons (Fsp3) is 0.562. The van der Waals surface area contributed by atoms with E-state index in [0.717, 1.165) is 10.4 Å². The van der Waals surface area contributed by atoms with Crippen LogP contribution in [-0.2, 0) is 16.0 Å². The van der Waals surface area contributed by atoms with Crippen molar-refractivity contribution in [3.05, 3.63) is 16.0 Å². The normalized spacial score (nSPS) is 20.7. The minimum atomic E-state index is -1.07. The zero-order chi connectivity index (χ0) is 19.0. The summed E-state index contributed by atoms with van der Waals surface area (Å²) in [5, 5.41) is 6.18. The van der Waals surface area contributed by atoms with E-state index in [2.05, 4.69) is 10.6 Å². The largest absolute Gasteiger partial charge is 0.462 e. The molecule has 0 saturated heterocycles. The van der Waals surface area contributed by atoms with E-state index in [1.807, 2.05) is 13.8 Å². The lowest BCUT2D eigenvalue weighted by atomic mass is 10.1. The predicted molar refractivity (Wildman–Crippen MR) is 106 cm³/mol. The van der Waals surface area contributed by atoms with E-state index in [1.54, 1.807) is 13.8 Å². The Morgan fingerprint density at radius 1 is 1.36 bits per heavy atom. The Morgan fingerprint density at radius 3 is 2.44 bits per heavy atom. The second-order valence-electron chi connectivity index (χ2n) is 6.04. The van der Waals surface area contributed by atoms with Gasteiger partial charge in [-0.15, -0.1) is 34.5 Å². The maximum atomic E-state index is 12.3. The Labute approximate surface area is 166 Å². The molecule has 0 aromatic carbocycles. The summed E-state index contributed by atoms with van der Waals surface area (Å²) in [5.41, 5.74) is 0.506. The van der Waals surface area contributed by atoms with E-state index in [1.165, 1.54) is 11.3 Å². The summed E-state index contributed by atoms with van der Waals surface area (Å²) in [6, 6.07) is 0. The SMILES string of the molecule is CCOC(=O)c1c(NC(=S)NC(=O)[C@@]2(C)CC2(Cl)Cl)sc(C)c1CC. The van der Waals surface area contributed by atoms with Gasteiger partial charge in [-0.1, -0.05) is 6.92 Å². The maximum absolute atomic E-state index is 12.3. The van der Waals surface area contributed by atoms with E-state index in [0.29, 0.717) is 23.4 Å². The second-order valence-corrected chi connectivity index (χ2v) is 9.15. The van der Waals surface area contributed by atoms with Gasteiger partial charge in [-0.25, -0.2) is 4.79 Å².